The average Bonchev–Trinajstić information content (AvgIpc) is 3.16. The molecule has 0 aromatic carbocycles. The van der Waals surface area contributed by atoms with Gasteiger partial charge in [-0.1, -0.05) is 0 Å². The highest BCUT2D eigenvalue weighted by Crippen LogP contribution is 2.05. The topological polar surface area (TPSA) is 203 Å². The number of amides is 2. The molecule has 0 saturated carbocycles. The first kappa shape index (κ1) is 54.8. The quantitative estimate of drug-likeness (QED) is 0.0832. The number of Topliss-reactive ketones (excluding diaryl/α,β-unsaturated/α-hetero) is 2. The van der Waals surface area contributed by atoms with Gasteiger partial charge in [0.25, 0.3) is 0 Å². The molecular formula is C39H74N2O16. The molecular weight excluding hydrogens is 752 g/mol. The van der Waals surface area contributed by atoms with Crippen molar-refractivity contribution in [2.75, 3.05) is 159 Å². The Kier molecular flexibility index (Phi) is 41.7. The Morgan fingerprint density at radius 1 is 0.386 bits per heavy atom. The van der Waals surface area contributed by atoms with E-state index in [1.54, 1.807) is 0 Å². The number of nitrogens with one attached hydrogen (secondary N) is 2. The van der Waals surface area contributed by atoms with E-state index < -0.39 is 6.04 Å². The lowest BCUT2D eigenvalue weighted by atomic mass is 10.0. The molecule has 57 heavy (non-hydrogen) atoms. The maximum absolute atomic E-state index is 12.3. The van der Waals surface area contributed by atoms with Crippen molar-refractivity contribution in [3.63, 3.8) is 0 Å². The zero-order valence-corrected chi connectivity index (χ0v) is 35.2. The highest BCUT2D eigenvalue weighted by atomic mass is 16.6. The fourth-order valence-electron chi connectivity index (χ4n) is 4.51. The smallest absolute Gasteiger partial charge is 0.222 e. The van der Waals surface area contributed by atoms with Crippen LogP contribution in [0.5, 0.6) is 0 Å². The third-order valence-corrected chi connectivity index (χ3v) is 7.28. The summed E-state index contributed by atoms with van der Waals surface area (Å²) in [7, 11) is 0. The number of hydrogen-bond donors (Lipinski definition) is 2. The van der Waals surface area contributed by atoms with Crippen LogP contribution in [0.15, 0.2) is 0 Å². The summed E-state index contributed by atoms with van der Waals surface area (Å²) in [4.78, 5) is 46.4. The maximum Gasteiger partial charge on any atom is 0.222 e. The summed E-state index contributed by atoms with van der Waals surface area (Å²) in [6.07, 6.45) is 1.73. The largest absolute Gasteiger partial charge is 0.379 e. The van der Waals surface area contributed by atoms with Crippen LogP contribution in [0.4, 0.5) is 0 Å². The Balaban J connectivity index is 3.23. The minimum absolute atomic E-state index is 0.0110. The molecule has 0 bridgehead atoms. The minimum Gasteiger partial charge on any atom is -0.379 e. The fourth-order valence-corrected chi connectivity index (χ4v) is 4.51. The third-order valence-electron chi connectivity index (χ3n) is 7.28. The van der Waals surface area contributed by atoms with Gasteiger partial charge in [-0.05, 0) is 33.6 Å². The number of ketones is 2. The van der Waals surface area contributed by atoms with Gasteiger partial charge < -0.3 is 72.3 Å². The first-order chi connectivity index (χ1) is 27.7. The summed E-state index contributed by atoms with van der Waals surface area (Å²) in [5.41, 5.74) is 0. The molecule has 0 spiro atoms. The predicted molar refractivity (Wildman–Crippen MR) is 209 cm³/mol. The number of rotatable bonds is 46. The van der Waals surface area contributed by atoms with E-state index in [2.05, 4.69) is 10.6 Å². The number of ether oxygens (including phenoxy) is 12. The zero-order valence-electron chi connectivity index (χ0n) is 35.2. The van der Waals surface area contributed by atoms with Crippen LogP contribution in [0, 0.1) is 0 Å². The highest BCUT2D eigenvalue weighted by molar-refractivity contribution is 5.89. The van der Waals surface area contributed by atoms with Gasteiger partial charge in [-0.15, -0.1) is 0 Å². The molecule has 0 fully saturated rings. The zero-order chi connectivity index (χ0) is 41.9. The molecule has 1 atom stereocenters. The third kappa shape index (κ3) is 44.7. The number of carbonyl (C=O) groups excluding carboxylic acids is 4. The van der Waals surface area contributed by atoms with Crippen molar-refractivity contribution >= 4 is 23.4 Å². The molecule has 18 heteroatoms. The van der Waals surface area contributed by atoms with Crippen molar-refractivity contribution < 1.29 is 76.0 Å². The van der Waals surface area contributed by atoms with Gasteiger partial charge >= 0.3 is 0 Å². The summed E-state index contributed by atoms with van der Waals surface area (Å²) >= 11 is 0. The van der Waals surface area contributed by atoms with Crippen molar-refractivity contribution in [3.8, 4) is 0 Å². The Hall–Kier alpha value is -2.20. The molecule has 0 aliphatic heterocycles. The number of carbonyl (C=O) groups is 4. The summed E-state index contributed by atoms with van der Waals surface area (Å²) in [5.74, 6) is -0.410. The molecule has 2 amide bonds. The normalized spacial score (nSPS) is 11.9. The Morgan fingerprint density at radius 2 is 0.684 bits per heavy atom. The van der Waals surface area contributed by atoms with Gasteiger partial charge in [0, 0.05) is 38.8 Å². The molecule has 0 aromatic heterocycles. The highest BCUT2D eigenvalue weighted by Gasteiger charge is 2.19. The molecule has 18 nitrogen and oxygen atoms in total. The Morgan fingerprint density at radius 3 is 0.965 bits per heavy atom. The second-order valence-corrected chi connectivity index (χ2v) is 12.9. The van der Waals surface area contributed by atoms with Gasteiger partial charge in [-0.25, -0.2) is 0 Å². The molecule has 336 valence electrons. The monoisotopic (exact) mass is 827 g/mol. The SMILES string of the molecule is CC(=O)CCC(NC(C)=O)C(=O)CCCOCCOCCOCCOCCOCCOCCOCCOCCOCCOCCOCCOCCC(=O)NC(C)C. The van der Waals surface area contributed by atoms with Crippen LogP contribution in [0.1, 0.15) is 59.8 Å². The van der Waals surface area contributed by atoms with Gasteiger partial charge in [-0.2, -0.15) is 0 Å². The summed E-state index contributed by atoms with van der Waals surface area (Å²) in [5, 5.41) is 5.43. The van der Waals surface area contributed by atoms with Crippen LogP contribution < -0.4 is 10.6 Å². The molecule has 0 heterocycles. The molecule has 0 radical (unpaired) electrons. The van der Waals surface area contributed by atoms with E-state index in [4.69, 9.17) is 56.8 Å². The molecule has 2 N–H and O–H groups in total. The molecule has 0 aliphatic carbocycles. The van der Waals surface area contributed by atoms with Crippen LogP contribution in [-0.4, -0.2) is 194 Å². The first-order valence-corrected chi connectivity index (χ1v) is 20.2. The summed E-state index contributed by atoms with van der Waals surface area (Å²) in [6, 6.07) is -0.495. The van der Waals surface area contributed by atoms with E-state index >= 15 is 0 Å². The second kappa shape index (κ2) is 43.4. The first-order valence-electron chi connectivity index (χ1n) is 20.2. The summed E-state index contributed by atoms with van der Waals surface area (Å²) < 4.78 is 65.6. The van der Waals surface area contributed by atoms with E-state index in [9.17, 15) is 19.2 Å². The van der Waals surface area contributed by atoms with Gasteiger partial charge in [0.15, 0.2) is 5.78 Å². The van der Waals surface area contributed by atoms with E-state index in [0.717, 1.165) is 0 Å². The lowest BCUT2D eigenvalue weighted by Crippen LogP contribution is -2.40. The standard InChI is InChI=1S/C39H74N2O16/c1-34(2)40-39(45)9-11-47-13-15-49-17-19-51-21-23-53-25-27-55-29-31-57-33-32-56-30-28-54-26-24-52-22-20-50-18-16-48-14-12-46-10-5-6-38(44)37(41-36(4)43)8-7-35(3)42/h34,37H,5-33H2,1-4H3,(H,40,45)(H,41,43). The average molecular weight is 827 g/mol. The van der Waals surface area contributed by atoms with Crippen LogP contribution in [0.2, 0.25) is 0 Å². The van der Waals surface area contributed by atoms with Crippen LogP contribution in [0.25, 0.3) is 0 Å². The maximum atomic E-state index is 12.3. The van der Waals surface area contributed by atoms with Crippen molar-refractivity contribution in [2.24, 2.45) is 0 Å². The molecule has 0 aliphatic rings. The van der Waals surface area contributed by atoms with Crippen molar-refractivity contribution in [1.29, 1.82) is 0 Å². The Labute approximate surface area is 340 Å². The van der Waals surface area contributed by atoms with Gasteiger partial charge in [0.2, 0.25) is 11.8 Å². The van der Waals surface area contributed by atoms with E-state index in [1.165, 1.54) is 13.8 Å². The minimum atomic E-state index is -0.632. The second-order valence-electron chi connectivity index (χ2n) is 12.9. The van der Waals surface area contributed by atoms with E-state index in [1.807, 2.05) is 13.8 Å². The molecule has 0 rings (SSSR count). The lowest BCUT2D eigenvalue weighted by molar-refractivity contribution is -0.127. The molecule has 1 unspecified atom stereocenters. The van der Waals surface area contributed by atoms with Crippen LogP contribution >= 0.6 is 0 Å². The number of hydrogen-bond acceptors (Lipinski definition) is 16. The summed E-state index contributed by atoms with van der Waals surface area (Å²) in [6.45, 7) is 17.6. The van der Waals surface area contributed by atoms with Crippen molar-refractivity contribution in [1.82, 2.24) is 10.6 Å². The predicted octanol–water partition coefficient (Wildman–Crippen LogP) is 1.32. The molecule has 0 saturated heterocycles. The van der Waals surface area contributed by atoms with E-state index in [-0.39, 0.29) is 42.3 Å². The van der Waals surface area contributed by atoms with Crippen molar-refractivity contribution in [2.45, 2.75) is 71.9 Å². The van der Waals surface area contributed by atoms with Crippen LogP contribution in [0.3, 0.4) is 0 Å². The van der Waals surface area contributed by atoms with Crippen LogP contribution in [-0.2, 0) is 76.0 Å². The van der Waals surface area contributed by atoms with Gasteiger partial charge in [-0.3, -0.25) is 14.4 Å². The van der Waals surface area contributed by atoms with Gasteiger partial charge in [0.05, 0.1) is 158 Å². The van der Waals surface area contributed by atoms with E-state index in [0.29, 0.717) is 178 Å². The lowest BCUT2D eigenvalue weighted by Gasteiger charge is -2.16. The molecule has 0 aromatic rings. The van der Waals surface area contributed by atoms with Gasteiger partial charge in [0.1, 0.15) is 5.78 Å². The Bertz CT molecular complexity index is 946. The fraction of sp³-hybridized carbons (Fsp3) is 0.897. The van der Waals surface area contributed by atoms with Crippen molar-refractivity contribution in [3.05, 3.63) is 0 Å².